The topological polar surface area (TPSA) is 57.7 Å². The van der Waals surface area contributed by atoms with Crippen molar-refractivity contribution in [1.29, 1.82) is 0 Å². The second-order valence-corrected chi connectivity index (χ2v) is 8.71. The third-order valence-corrected chi connectivity index (χ3v) is 6.80. The average Bonchev–Trinajstić information content (AvgIpc) is 2.90. The van der Waals surface area contributed by atoms with Crippen LogP contribution in [0.5, 0.6) is 0 Å². The molecule has 1 aliphatic rings. The largest absolute Gasteiger partial charge is 0.347 e. The van der Waals surface area contributed by atoms with Gasteiger partial charge in [0.15, 0.2) is 0 Å². The highest BCUT2D eigenvalue weighted by Gasteiger charge is 2.40. The van der Waals surface area contributed by atoms with Gasteiger partial charge in [-0.05, 0) is 47.0 Å². The second kappa shape index (κ2) is 6.36. The van der Waals surface area contributed by atoms with Crippen LogP contribution in [0.1, 0.15) is 12.8 Å². The standard InChI is InChI=1S/C13H16Br2N2O3S/c1-16(2)13(18)11-4-3-7-17(11)21(19,20)12-8-9(14)5-6-10(12)15/h5-6,8,11H,3-4,7H2,1-2H3/t11-/m0/s1. The molecule has 2 rings (SSSR count). The van der Waals surface area contributed by atoms with Gasteiger partial charge >= 0.3 is 0 Å². The van der Waals surface area contributed by atoms with Crippen molar-refractivity contribution in [3.8, 4) is 0 Å². The summed E-state index contributed by atoms with van der Waals surface area (Å²) in [5.74, 6) is -0.179. The maximum Gasteiger partial charge on any atom is 0.244 e. The van der Waals surface area contributed by atoms with Gasteiger partial charge in [0, 0.05) is 29.6 Å². The Kier molecular flexibility index (Phi) is 5.12. The van der Waals surface area contributed by atoms with Crippen LogP contribution in [-0.4, -0.2) is 50.2 Å². The summed E-state index contributed by atoms with van der Waals surface area (Å²) in [6.07, 6.45) is 1.25. The molecule has 8 heteroatoms. The lowest BCUT2D eigenvalue weighted by Crippen LogP contribution is -2.45. The Balaban J connectivity index is 2.43. The molecule has 1 atom stereocenters. The maximum atomic E-state index is 12.8. The molecule has 0 N–H and O–H groups in total. The first-order valence-electron chi connectivity index (χ1n) is 6.43. The Morgan fingerprint density at radius 3 is 2.62 bits per heavy atom. The lowest BCUT2D eigenvalue weighted by molar-refractivity contribution is -0.132. The predicted octanol–water partition coefficient (Wildman–Crippen LogP) is 2.45. The summed E-state index contributed by atoms with van der Waals surface area (Å²) >= 11 is 6.56. The van der Waals surface area contributed by atoms with E-state index in [0.29, 0.717) is 28.3 Å². The number of benzene rings is 1. The summed E-state index contributed by atoms with van der Waals surface area (Å²) in [5, 5.41) is 0. The summed E-state index contributed by atoms with van der Waals surface area (Å²) < 4.78 is 28.2. The summed E-state index contributed by atoms with van der Waals surface area (Å²) in [6.45, 7) is 0.367. The molecule has 0 saturated carbocycles. The molecule has 1 amide bonds. The number of amides is 1. The van der Waals surface area contributed by atoms with Crippen molar-refractivity contribution < 1.29 is 13.2 Å². The van der Waals surface area contributed by atoms with Crippen LogP contribution in [0.3, 0.4) is 0 Å². The minimum atomic E-state index is -3.71. The van der Waals surface area contributed by atoms with Gasteiger partial charge in [-0.1, -0.05) is 15.9 Å². The van der Waals surface area contributed by atoms with E-state index < -0.39 is 16.1 Å². The summed E-state index contributed by atoms with van der Waals surface area (Å²) in [6, 6.07) is 4.37. The Morgan fingerprint density at radius 2 is 2.00 bits per heavy atom. The zero-order chi connectivity index (χ0) is 15.8. The molecule has 5 nitrogen and oxygen atoms in total. The molecule has 0 bridgehead atoms. The minimum Gasteiger partial charge on any atom is -0.347 e. The summed E-state index contributed by atoms with van der Waals surface area (Å²) in [7, 11) is -0.432. The molecular formula is C13H16Br2N2O3S. The quantitative estimate of drug-likeness (QED) is 0.726. The molecule has 1 fully saturated rings. The highest BCUT2D eigenvalue weighted by molar-refractivity contribution is 9.11. The van der Waals surface area contributed by atoms with Crippen molar-refractivity contribution in [1.82, 2.24) is 9.21 Å². The van der Waals surface area contributed by atoms with Crippen molar-refractivity contribution in [3.63, 3.8) is 0 Å². The lowest BCUT2D eigenvalue weighted by Gasteiger charge is -2.26. The van der Waals surface area contributed by atoms with Crippen molar-refractivity contribution in [2.45, 2.75) is 23.8 Å². The molecular weight excluding hydrogens is 424 g/mol. The van der Waals surface area contributed by atoms with E-state index in [9.17, 15) is 13.2 Å². The van der Waals surface area contributed by atoms with Gasteiger partial charge in [0.05, 0.1) is 4.90 Å². The van der Waals surface area contributed by atoms with Crippen LogP contribution >= 0.6 is 31.9 Å². The van der Waals surface area contributed by atoms with Crippen LogP contribution in [-0.2, 0) is 14.8 Å². The van der Waals surface area contributed by atoms with E-state index in [0.717, 1.165) is 0 Å². The Bertz CT molecular complexity index is 661. The maximum absolute atomic E-state index is 12.8. The molecule has 0 radical (unpaired) electrons. The number of carbonyl (C=O) groups is 1. The first kappa shape index (κ1) is 16.9. The Morgan fingerprint density at radius 1 is 1.33 bits per heavy atom. The van der Waals surface area contributed by atoms with Crippen molar-refractivity contribution in [2.75, 3.05) is 20.6 Å². The molecule has 0 aliphatic carbocycles. The van der Waals surface area contributed by atoms with Gasteiger partial charge in [-0.3, -0.25) is 4.79 Å². The van der Waals surface area contributed by atoms with Gasteiger partial charge in [-0.2, -0.15) is 4.31 Å². The minimum absolute atomic E-state index is 0.176. The first-order valence-corrected chi connectivity index (χ1v) is 9.46. The van der Waals surface area contributed by atoms with Crippen molar-refractivity contribution in [3.05, 3.63) is 27.1 Å². The molecule has 116 valence electrons. The first-order chi connectivity index (χ1) is 9.75. The second-order valence-electron chi connectivity index (χ2n) is 5.08. The van der Waals surface area contributed by atoms with Gasteiger partial charge in [-0.25, -0.2) is 8.42 Å². The van der Waals surface area contributed by atoms with E-state index in [1.807, 2.05) is 0 Å². The number of sulfonamides is 1. The van der Waals surface area contributed by atoms with E-state index in [1.54, 1.807) is 32.3 Å². The van der Waals surface area contributed by atoms with Gasteiger partial charge in [0.2, 0.25) is 15.9 Å². The van der Waals surface area contributed by atoms with Crippen LogP contribution < -0.4 is 0 Å². The molecule has 1 heterocycles. The average molecular weight is 440 g/mol. The van der Waals surface area contributed by atoms with Crippen LogP contribution in [0.25, 0.3) is 0 Å². The van der Waals surface area contributed by atoms with Gasteiger partial charge < -0.3 is 4.90 Å². The zero-order valence-corrected chi connectivity index (χ0v) is 15.7. The molecule has 1 aliphatic heterocycles. The Labute approximate surface area is 141 Å². The number of likely N-dealkylation sites (N-methyl/N-ethyl adjacent to an activating group) is 1. The zero-order valence-electron chi connectivity index (χ0n) is 11.7. The monoisotopic (exact) mass is 438 g/mol. The van der Waals surface area contributed by atoms with E-state index in [4.69, 9.17) is 0 Å². The van der Waals surface area contributed by atoms with Crippen LogP contribution in [0.15, 0.2) is 32.0 Å². The van der Waals surface area contributed by atoms with Crippen molar-refractivity contribution in [2.24, 2.45) is 0 Å². The van der Waals surface area contributed by atoms with Crippen LogP contribution in [0, 0.1) is 0 Å². The molecule has 1 aromatic rings. The van der Waals surface area contributed by atoms with E-state index in [-0.39, 0.29) is 10.8 Å². The number of rotatable bonds is 3. The van der Waals surface area contributed by atoms with Gasteiger partial charge in [-0.15, -0.1) is 0 Å². The number of halogens is 2. The SMILES string of the molecule is CN(C)C(=O)[C@@H]1CCCN1S(=O)(=O)c1cc(Br)ccc1Br. The van der Waals surface area contributed by atoms with Gasteiger partial charge in [0.1, 0.15) is 6.04 Å². The number of nitrogens with zero attached hydrogens (tertiary/aromatic N) is 2. The van der Waals surface area contributed by atoms with E-state index >= 15 is 0 Å². The molecule has 1 aromatic carbocycles. The van der Waals surface area contributed by atoms with Gasteiger partial charge in [0.25, 0.3) is 0 Å². The Hall–Kier alpha value is -0.440. The molecule has 0 unspecified atom stereocenters. The smallest absolute Gasteiger partial charge is 0.244 e. The third kappa shape index (κ3) is 3.33. The lowest BCUT2D eigenvalue weighted by atomic mass is 10.2. The van der Waals surface area contributed by atoms with Crippen LogP contribution in [0.2, 0.25) is 0 Å². The number of hydrogen-bond donors (Lipinski definition) is 0. The summed E-state index contributed by atoms with van der Waals surface area (Å²) in [5.41, 5.74) is 0. The number of carbonyl (C=O) groups excluding carboxylic acids is 1. The molecule has 1 saturated heterocycles. The normalized spacial score (nSPS) is 19.7. The van der Waals surface area contributed by atoms with E-state index in [1.165, 1.54) is 9.21 Å². The fourth-order valence-electron chi connectivity index (χ4n) is 2.37. The highest BCUT2D eigenvalue weighted by Crippen LogP contribution is 2.32. The molecule has 0 aromatic heterocycles. The molecule has 0 spiro atoms. The third-order valence-electron chi connectivity index (χ3n) is 3.41. The fourth-order valence-corrected chi connectivity index (χ4v) is 5.49. The highest BCUT2D eigenvalue weighted by atomic mass is 79.9. The van der Waals surface area contributed by atoms with Crippen LogP contribution in [0.4, 0.5) is 0 Å². The summed E-state index contributed by atoms with van der Waals surface area (Å²) in [4.78, 5) is 13.8. The van der Waals surface area contributed by atoms with E-state index in [2.05, 4.69) is 31.9 Å². The number of hydrogen-bond acceptors (Lipinski definition) is 3. The fraction of sp³-hybridized carbons (Fsp3) is 0.462. The molecule has 21 heavy (non-hydrogen) atoms. The van der Waals surface area contributed by atoms with Crippen molar-refractivity contribution >= 4 is 47.8 Å². The predicted molar refractivity (Wildman–Crippen MR) is 87.4 cm³/mol.